The minimum Gasteiger partial charge on any atom is -0.331 e. The first kappa shape index (κ1) is 17.9. The molecule has 3 rings (SSSR count). The fourth-order valence-electron chi connectivity index (χ4n) is 2.82. The number of hydrogen-bond donors (Lipinski definition) is 1. The molecule has 0 radical (unpaired) electrons. The third kappa shape index (κ3) is 3.70. The van der Waals surface area contributed by atoms with Gasteiger partial charge in [-0.1, -0.05) is 49.2 Å². The van der Waals surface area contributed by atoms with E-state index in [1.807, 2.05) is 24.3 Å². The van der Waals surface area contributed by atoms with Gasteiger partial charge in [0.2, 0.25) is 0 Å². The number of aryl methyl sites for hydroxylation is 1. The molecule has 2 aromatic carbocycles. The minimum absolute atomic E-state index is 0.0133. The van der Waals surface area contributed by atoms with Gasteiger partial charge < -0.3 is 4.57 Å². The summed E-state index contributed by atoms with van der Waals surface area (Å²) in [4.78, 5) is 10.4. The van der Waals surface area contributed by atoms with Crippen LogP contribution in [-0.4, -0.2) is 15.7 Å². The van der Waals surface area contributed by atoms with Gasteiger partial charge in [-0.3, -0.25) is 15.5 Å². The molecule has 0 atom stereocenters. The summed E-state index contributed by atoms with van der Waals surface area (Å²) in [6.45, 7) is 2.99. The van der Waals surface area contributed by atoms with Crippen LogP contribution in [0.1, 0.15) is 25.3 Å². The van der Waals surface area contributed by atoms with Crippen molar-refractivity contribution in [3.8, 4) is 0 Å². The van der Waals surface area contributed by atoms with E-state index < -0.39 is 4.92 Å². The van der Waals surface area contributed by atoms with E-state index in [0.29, 0.717) is 10.8 Å². The number of unbranched alkanes of at least 4 members (excludes halogenated alkanes) is 1. The highest BCUT2D eigenvalue weighted by Gasteiger charge is 2.13. The Morgan fingerprint density at radius 1 is 1.27 bits per heavy atom. The Bertz CT molecular complexity index is 965. The van der Waals surface area contributed by atoms with Crippen LogP contribution >= 0.6 is 11.6 Å². The average Bonchev–Trinajstić information content (AvgIpc) is 2.92. The van der Waals surface area contributed by atoms with Crippen molar-refractivity contribution >= 4 is 40.1 Å². The molecular weight excluding hydrogens is 352 g/mol. The number of fused-ring (bicyclic) bond motifs is 1. The summed E-state index contributed by atoms with van der Waals surface area (Å²) in [6, 6.07) is 14.2. The number of non-ortho nitro benzene ring substituents is 1. The second-order valence-electron chi connectivity index (χ2n) is 5.90. The van der Waals surface area contributed by atoms with E-state index in [4.69, 9.17) is 11.6 Å². The van der Waals surface area contributed by atoms with E-state index in [2.05, 4.69) is 22.0 Å². The quantitative estimate of drug-likeness (QED) is 0.341. The Morgan fingerprint density at radius 3 is 2.85 bits per heavy atom. The number of nitrogens with one attached hydrogen (secondary N) is 1. The molecule has 26 heavy (non-hydrogen) atoms. The van der Waals surface area contributed by atoms with Crippen molar-refractivity contribution in [2.75, 3.05) is 5.43 Å². The maximum absolute atomic E-state index is 10.8. The highest BCUT2D eigenvalue weighted by Crippen LogP contribution is 2.29. The van der Waals surface area contributed by atoms with Gasteiger partial charge in [0.05, 0.1) is 16.8 Å². The van der Waals surface area contributed by atoms with Gasteiger partial charge in [-0.15, -0.1) is 0 Å². The summed E-state index contributed by atoms with van der Waals surface area (Å²) in [7, 11) is 0. The van der Waals surface area contributed by atoms with Crippen LogP contribution in [0.5, 0.6) is 0 Å². The number of anilines is 1. The summed E-state index contributed by atoms with van der Waals surface area (Å²) in [6.07, 6.45) is 3.79. The molecule has 7 heteroatoms. The summed E-state index contributed by atoms with van der Waals surface area (Å²) in [5.41, 5.74) is 5.29. The third-order valence-electron chi connectivity index (χ3n) is 4.12. The van der Waals surface area contributed by atoms with Gasteiger partial charge in [0.15, 0.2) is 0 Å². The number of nitro groups is 1. The Morgan fingerprint density at radius 2 is 2.08 bits per heavy atom. The zero-order chi connectivity index (χ0) is 18.5. The SMILES string of the molecule is CCCCn1c(Cl)c(/C=N\Nc2cccc([N+](=O)[O-])c2)c2ccccc21. The van der Waals surface area contributed by atoms with Crippen LogP contribution < -0.4 is 5.43 Å². The van der Waals surface area contributed by atoms with Gasteiger partial charge in [0.1, 0.15) is 5.15 Å². The first-order valence-electron chi connectivity index (χ1n) is 8.42. The number of benzene rings is 2. The second-order valence-corrected chi connectivity index (χ2v) is 6.26. The van der Waals surface area contributed by atoms with Crippen LogP contribution in [0.15, 0.2) is 53.6 Å². The Balaban J connectivity index is 1.88. The van der Waals surface area contributed by atoms with Gasteiger partial charge in [-0.25, -0.2) is 0 Å². The summed E-state index contributed by atoms with van der Waals surface area (Å²) < 4.78 is 2.09. The lowest BCUT2D eigenvalue weighted by molar-refractivity contribution is -0.384. The van der Waals surface area contributed by atoms with Gasteiger partial charge in [0.25, 0.3) is 5.69 Å². The van der Waals surface area contributed by atoms with Gasteiger partial charge in [-0.2, -0.15) is 5.10 Å². The monoisotopic (exact) mass is 370 g/mol. The molecule has 0 unspecified atom stereocenters. The van der Waals surface area contributed by atoms with E-state index in [-0.39, 0.29) is 5.69 Å². The number of hydrogen-bond acceptors (Lipinski definition) is 4. The van der Waals surface area contributed by atoms with Crippen molar-refractivity contribution in [3.63, 3.8) is 0 Å². The van der Waals surface area contributed by atoms with E-state index in [9.17, 15) is 10.1 Å². The smallest absolute Gasteiger partial charge is 0.271 e. The Hall–Kier alpha value is -2.86. The molecule has 0 saturated heterocycles. The summed E-state index contributed by atoms with van der Waals surface area (Å²) in [5.74, 6) is 0. The lowest BCUT2D eigenvalue weighted by Crippen LogP contribution is -1.98. The molecule has 0 spiro atoms. The molecule has 0 fully saturated rings. The highest BCUT2D eigenvalue weighted by molar-refractivity contribution is 6.34. The molecule has 0 aliphatic carbocycles. The molecule has 6 nitrogen and oxygen atoms in total. The topological polar surface area (TPSA) is 72.5 Å². The predicted molar refractivity (Wildman–Crippen MR) is 106 cm³/mol. The first-order valence-corrected chi connectivity index (χ1v) is 8.80. The zero-order valence-electron chi connectivity index (χ0n) is 14.4. The number of para-hydroxylation sites is 1. The van der Waals surface area contributed by atoms with Crippen LogP contribution in [0.3, 0.4) is 0 Å². The fourth-order valence-corrected chi connectivity index (χ4v) is 3.14. The van der Waals surface area contributed by atoms with Gasteiger partial charge in [0, 0.05) is 35.1 Å². The minimum atomic E-state index is -0.437. The normalized spacial score (nSPS) is 11.3. The van der Waals surface area contributed by atoms with E-state index >= 15 is 0 Å². The third-order valence-corrected chi connectivity index (χ3v) is 4.53. The molecule has 0 amide bonds. The van der Waals surface area contributed by atoms with E-state index in [1.165, 1.54) is 12.1 Å². The number of aromatic nitrogens is 1. The lowest BCUT2D eigenvalue weighted by Gasteiger charge is -2.05. The molecule has 0 saturated carbocycles. The first-order chi connectivity index (χ1) is 12.6. The number of halogens is 1. The van der Waals surface area contributed by atoms with Crippen molar-refractivity contribution in [1.82, 2.24) is 4.57 Å². The molecule has 0 bridgehead atoms. The van der Waals surface area contributed by atoms with Crippen LogP contribution in [0.4, 0.5) is 11.4 Å². The number of rotatable bonds is 7. The lowest BCUT2D eigenvalue weighted by atomic mass is 10.2. The summed E-state index contributed by atoms with van der Waals surface area (Å²) in [5, 5.41) is 16.7. The molecule has 3 aromatic rings. The molecule has 1 N–H and O–H groups in total. The number of nitrogens with zero attached hydrogens (tertiary/aromatic N) is 3. The van der Waals surface area contributed by atoms with Gasteiger partial charge >= 0.3 is 0 Å². The largest absolute Gasteiger partial charge is 0.331 e. The Kier molecular flexibility index (Phi) is 5.53. The average molecular weight is 371 g/mol. The molecule has 0 aliphatic rings. The van der Waals surface area contributed by atoms with Crippen LogP contribution in [-0.2, 0) is 6.54 Å². The van der Waals surface area contributed by atoms with Crippen LogP contribution in [0.25, 0.3) is 10.9 Å². The Labute approximate surface area is 156 Å². The van der Waals surface area contributed by atoms with Gasteiger partial charge in [-0.05, 0) is 18.6 Å². The van der Waals surface area contributed by atoms with Crippen molar-refractivity contribution in [1.29, 1.82) is 0 Å². The molecule has 1 heterocycles. The summed E-state index contributed by atoms with van der Waals surface area (Å²) >= 11 is 6.59. The predicted octanol–water partition coefficient (Wildman–Crippen LogP) is 5.45. The van der Waals surface area contributed by atoms with Crippen molar-refractivity contribution in [2.45, 2.75) is 26.3 Å². The maximum Gasteiger partial charge on any atom is 0.271 e. The van der Waals surface area contributed by atoms with Crippen molar-refractivity contribution in [3.05, 3.63) is 69.4 Å². The van der Waals surface area contributed by atoms with E-state index in [1.54, 1.807) is 18.3 Å². The van der Waals surface area contributed by atoms with Crippen LogP contribution in [0, 0.1) is 10.1 Å². The molecule has 0 aliphatic heterocycles. The maximum atomic E-state index is 10.8. The van der Waals surface area contributed by atoms with Crippen molar-refractivity contribution < 1.29 is 4.92 Å². The molecule has 1 aromatic heterocycles. The molecule has 134 valence electrons. The standard InChI is InChI=1S/C19H19ClN4O2/c1-2-3-11-23-18-10-5-4-9-16(18)17(19(23)20)13-21-22-14-7-6-8-15(12-14)24(25)26/h4-10,12-13,22H,2-3,11H2,1H3/b21-13-. The van der Waals surface area contributed by atoms with E-state index in [0.717, 1.165) is 35.9 Å². The number of hydrazone groups is 1. The fraction of sp³-hybridized carbons (Fsp3) is 0.211. The second kappa shape index (κ2) is 8.01. The van der Waals surface area contributed by atoms with Crippen molar-refractivity contribution in [2.24, 2.45) is 5.10 Å². The molecular formula is C19H19ClN4O2. The highest BCUT2D eigenvalue weighted by atomic mass is 35.5. The zero-order valence-corrected chi connectivity index (χ0v) is 15.1. The number of nitro benzene ring substituents is 1. The van der Waals surface area contributed by atoms with Crippen LogP contribution in [0.2, 0.25) is 5.15 Å².